The molecule has 1 aliphatic rings. The molecule has 26 heavy (non-hydrogen) atoms. The van der Waals surface area contributed by atoms with Crippen LogP contribution in [0.4, 0.5) is 18.9 Å². The van der Waals surface area contributed by atoms with Crippen molar-refractivity contribution in [1.82, 2.24) is 0 Å². The van der Waals surface area contributed by atoms with Crippen molar-refractivity contribution in [1.29, 1.82) is 0 Å². The minimum Gasteiger partial charge on any atom is -0.492 e. The number of sulfonamides is 1. The van der Waals surface area contributed by atoms with Crippen LogP contribution in [0, 0.1) is 17.5 Å². The maximum Gasteiger partial charge on any atom is 0.267 e. The quantitative estimate of drug-likeness (QED) is 0.851. The molecular formula is C17H16F3NO4S. The van der Waals surface area contributed by atoms with Crippen molar-refractivity contribution >= 4 is 15.7 Å². The number of anilines is 1. The fourth-order valence-electron chi connectivity index (χ4n) is 2.78. The average molecular weight is 387 g/mol. The molecule has 0 bridgehead atoms. The summed E-state index contributed by atoms with van der Waals surface area (Å²) in [5, 5.41) is 0. The monoisotopic (exact) mass is 387 g/mol. The number of hydrogen-bond acceptors (Lipinski definition) is 4. The van der Waals surface area contributed by atoms with Crippen LogP contribution in [0.5, 0.6) is 11.5 Å². The predicted molar refractivity (Wildman–Crippen MR) is 88.5 cm³/mol. The molecule has 0 spiro atoms. The van der Waals surface area contributed by atoms with E-state index in [9.17, 15) is 21.6 Å². The summed E-state index contributed by atoms with van der Waals surface area (Å²) in [6.07, 6.45) is 0.544. The minimum atomic E-state index is -4.67. The van der Waals surface area contributed by atoms with Gasteiger partial charge in [-0.1, -0.05) is 0 Å². The maximum absolute atomic E-state index is 13.9. The van der Waals surface area contributed by atoms with E-state index in [4.69, 9.17) is 9.47 Å². The van der Waals surface area contributed by atoms with E-state index < -0.39 is 32.4 Å². The largest absolute Gasteiger partial charge is 0.492 e. The first kappa shape index (κ1) is 18.4. The standard InChI is InChI=1S/C17H16F3NO4S/c1-3-24-16-5-10-4-9(2)25-15(10)8-14(16)21-26(22,23)17-12(19)6-11(18)7-13(17)20/h5-9,21H,3-4H2,1-2H3. The summed E-state index contributed by atoms with van der Waals surface area (Å²) < 4.78 is 78.8. The molecule has 0 radical (unpaired) electrons. The zero-order valence-electron chi connectivity index (χ0n) is 14.0. The first-order chi connectivity index (χ1) is 12.2. The van der Waals surface area contributed by atoms with Crippen LogP contribution in [-0.4, -0.2) is 21.1 Å². The summed E-state index contributed by atoms with van der Waals surface area (Å²) >= 11 is 0. The minimum absolute atomic E-state index is 0.0252. The molecule has 0 saturated carbocycles. The fourth-order valence-corrected chi connectivity index (χ4v) is 3.96. The molecule has 0 aliphatic carbocycles. The van der Waals surface area contributed by atoms with Crippen molar-refractivity contribution in [3.05, 3.63) is 47.3 Å². The van der Waals surface area contributed by atoms with Crippen molar-refractivity contribution in [2.75, 3.05) is 11.3 Å². The molecule has 1 aliphatic heterocycles. The van der Waals surface area contributed by atoms with Crippen molar-refractivity contribution in [2.24, 2.45) is 0 Å². The molecule has 0 saturated heterocycles. The topological polar surface area (TPSA) is 64.6 Å². The highest BCUT2D eigenvalue weighted by Crippen LogP contribution is 2.39. The van der Waals surface area contributed by atoms with E-state index in [-0.39, 0.29) is 24.1 Å². The Morgan fingerprint density at radius 1 is 1.19 bits per heavy atom. The molecule has 0 aromatic heterocycles. The van der Waals surface area contributed by atoms with Gasteiger partial charge in [0.2, 0.25) is 0 Å². The van der Waals surface area contributed by atoms with Gasteiger partial charge in [-0.2, -0.15) is 0 Å². The second-order valence-electron chi connectivity index (χ2n) is 5.83. The lowest BCUT2D eigenvalue weighted by Crippen LogP contribution is -2.17. The van der Waals surface area contributed by atoms with Gasteiger partial charge in [0.05, 0.1) is 12.3 Å². The van der Waals surface area contributed by atoms with Gasteiger partial charge in [-0.3, -0.25) is 4.72 Å². The van der Waals surface area contributed by atoms with Gasteiger partial charge < -0.3 is 9.47 Å². The van der Waals surface area contributed by atoms with Crippen LogP contribution >= 0.6 is 0 Å². The predicted octanol–water partition coefficient (Wildman–Crippen LogP) is 3.63. The van der Waals surface area contributed by atoms with Crippen molar-refractivity contribution in [3.8, 4) is 11.5 Å². The van der Waals surface area contributed by atoms with Gasteiger partial charge in [-0.15, -0.1) is 0 Å². The second-order valence-corrected chi connectivity index (χ2v) is 7.44. The molecule has 2 aromatic rings. The highest BCUT2D eigenvalue weighted by atomic mass is 32.2. The molecule has 140 valence electrons. The number of halogens is 3. The molecule has 9 heteroatoms. The van der Waals surface area contributed by atoms with Crippen LogP contribution in [0.15, 0.2) is 29.2 Å². The number of ether oxygens (including phenoxy) is 2. The Morgan fingerprint density at radius 2 is 1.85 bits per heavy atom. The van der Waals surface area contributed by atoms with E-state index in [1.54, 1.807) is 13.0 Å². The Labute approximate surface area is 148 Å². The number of benzene rings is 2. The zero-order chi connectivity index (χ0) is 19.1. The Hall–Kier alpha value is -2.42. The molecular weight excluding hydrogens is 371 g/mol. The molecule has 5 nitrogen and oxygen atoms in total. The molecule has 1 N–H and O–H groups in total. The van der Waals surface area contributed by atoms with Gasteiger partial charge in [0.15, 0.2) is 4.90 Å². The molecule has 2 aromatic carbocycles. The van der Waals surface area contributed by atoms with Gasteiger partial charge in [0, 0.05) is 30.2 Å². The third kappa shape index (κ3) is 3.44. The number of nitrogens with one attached hydrogen (secondary N) is 1. The number of rotatable bonds is 5. The summed E-state index contributed by atoms with van der Waals surface area (Å²) in [5.74, 6) is -3.61. The van der Waals surface area contributed by atoms with Crippen LogP contribution in [-0.2, 0) is 16.4 Å². The lowest BCUT2D eigenvalue weighted by Gasteiger charge is -2.15. The zero-order valence-corrected chi connectivity index (χ0v) is 14.8. The molecule has 1 atom stereocenters. The van der Waals surface area contributed by atoms with Gasteiger partial charge in [-0.25, -0.2) is 21.6 Å². The molecule has 3 rings (SSSR count). The number of hydrogen-bond donors (Lipinski definition) is 1. The summed E-state index contributed by atoms with van der Waals surface area (Å²) in [4.78, 5) is -1.27. The van der Waals surface area contributed by atoms with Crippen molar-refractivity contribution < 1.29 is 31.1 Å². The highest BCUT2D eigenvalue weighted by molar-refractivity contribution is 7.92. The van der Waals surface area contributed by atoms with Crippen LogP contribution in [0.2, 0.25) is 0 Å². The van der Waals surface area contributed by atoms with E-state index in [1.165, 1.54) is 6.07 Å². The van der Waals surface area contributed by atoms with Crippen LogP contribution in [0.3, 0.4) is 0 Å². The van der Waals surface area contributed by atoms with E-state index in [0.717, 1.165) is 5.56 Å². The summed E-state index contributed by atoms with van der Waals surface area (Å²) in [7, 11) is -4.67. The van der Waals surface area contributed by atoms with Crippen LogP contribution in [0.1, 0.15) is 19.4 Å². The summed E-state index contributed by atoms with van der Waals surface area (Å²) in [6.45, 7) is 3.82. The van der Waals surface area contributed by atoms with E-state index in [1.807, 2.05) is 6.92 Å². The van der Waals surface area contributed by atoms with E-state index >= 15 is 0 Å². The van der Waals surface area contributed by atoms with Crippen molar-refractivity contribution in [2.45, 2.75) is 31.3 Å². The van der Waals surface area contributed by atoms with E-state index in [0.29, 0.717) is 24.3 Å². The number of fused-ring (bicyclic) bond motifs is 1. The third-order valence-corrected chi connectivity index (χ3v) is 5.19. The van der Waals surface area contributed by atoms with Gasteiger partial charge in [-0.05, 0) is 19.9 Å². The fraction of sp³-hybridized carbons (Fsp3) is 0.294. The maximum atomic E-state index is 13.9. The first-order valence-electron chi connectivity index (χ1n) is 7.85. The Kier molecular flexibility index (Phi) is 4.74. The van der Waals surface area contributed by atoms with Crippen molar-refractivity contribution in [3.63, 3.8) is 0 Å². The van der Waals surface area contributed by atoms with Gasteiger partial charge in [0.25, 0.3) is 10.0 Å². The van der Waals surface area contributed by atoms with Crippen LogP contribution in [0.25, 0.3) is 0 Å². The van der Waals surface area contributed by atoms with Gasteiger partial charge >= 0.3 is 0 Å². The molecule has 1 heterocycles. The van der Waals surface area contributed by atoms with Gasteiger partial charge in [0.1, 0.15) is 35.1 Å². The summed E-state index contributed by atoms with van der Waals surface area (Å²) in [5.41, 5.74) is 0.811. The average Bonchev–Trinajstić information content (AvgIpc) is 2.85. The second kappa shape index (κ2) is 6.71. The molecule has 0 amide bonds. The lowest BCUT2D eigenvalue weighted by molar-refractivity contribution is 0.254. The smallest absolute Gasteiger partial charge is 0.267 e. The normalized spacial score (nSPS) is 16.1. The van der Waals surface area contributed by atoms with E-state index in [2.05, 4.69) is 4.72 Å². The Bertz CT molecular complexity index is 940. The molecule has 1 unspecified atom stereocenters. The van der Waals surface area contributed by atoms with Crippen LogP contribution < -0.4 is 14.2 Å². The lowest BCUT2D eigenvalue weighted by atomic mass is 10.1. The highest BCUT2D eigenvalue weighted by Gasteiger charge is 2.28. The SMILES string of the molecule is CCOc1cc2c(cc1NS(=O)(=O)c1c(F)cc(F)cc1F)OC(C)C2. The molecule has 0 fully saturated rings. The summed E-state index contributed by atoms with van der Waals surface area (Å²) in [6, 6.07) is 3.63. The third-order valence-electron chi connectivity index (χ3n) is 3.77. The Morgan fingerprint density at radius 3 is 2.46 bits per heavy atom. The first-order valence-corrected chi connectivity index (χ1v) is 9.33. The Balaban J connectivity index is 2.04.